The first-order valence-electron chi connectivity index (χ1n) is 9.52. The summed E-state index contributed by atoms with van der Waals surface area (Å²) in [6, 6.07) is 9.21. The van der Waals surface area contributed by atoms with Crippen LogP contribution in [0.3, 0.4) is 0 Å². The number of nitrogens with two attached hydrogens (primary N) is 1. The largest absolute Gasteiger partial charge is 0.508 e. The summed E-state index contributed by atoms with van der Waals surface area (Å²) in [5.41, 5.74) is 7.19. The van der Waals surface area contributed by atoms with Crippen LogP contribution < -0.4 is 15.2 Å². The molecule has 0 bridgehead atoms. The van der Waals surface area contributed by atoms with Crippen LogP contribution in [-0.2, 0) is 11.2 Å². The Kier molecular flexibility index (Phi) is 5.49. The molecule has 0 radical (unpaired) electrons. The molecule has 5 N–H and O–H groups in total. The van der Waals surface area contributed by atoms with Gasteiger partial charge in [0, 0.05) is 19.0 Å². The van der Waals surface area contributed by atoms with Crippen LogP contribution in [0.15, 0.2) is 40.8 Å². The van der Waals surface area contributed by atoms with Crippen molar-refractivity contribution in [3.05, 3.63) is 47.5 Å². The van der Waals surface area contributed by atoms with Crippen molar-refractivity contribution in [1.29, 1.82) is 0 Å². The van der Waals surface area contributed by atoms with E-state index >= 15 is 0 Å². The Bertz CT molecular complexity index is 1040. The molecule has 0 aromatic heterocycles. The highest BCUT2D eigenvalue weighted by molar-refractivity contribution is 7.85. The van der Waals surface area contributed by atoms with Crippen molar-refractivity contribution in [3.8, 4) is 17.2 Å². The van der Waals surface area contributed by atoms with Gasteiger partial charge in [-0.1, -0.05) is 6.07 Å². The molecule has 4 rings (SSSR count). The summed E-state index contributed by atoms with van der Waals surface area (Å²) >= 11 is -1.61. The Morgan fingerprint density at radius 3 is 3.00 bits per heavy atom. The number of ether oxygens (including phenoxy) is 1. The van der Waals surface area contributed by atoms with E-state index in [-0.39, 0.29) is 34.7 Å². The van der Waals surface area contributed by atoms with E-state index in [2.05, 4.69) is 9.12 Å². The summed E-state index contributed by atoms with van der Waals surface area (Å²) in [4.78, 5) is 14.5. The standard InChI is InChI=1S/C20H22N4O5S/c21-19-18-15(22-30(28)23-19)4-1-5-17(18)29-11-12-3-2-8-24(10-12)20(27)14-9-13(25)6-7-16(14)26/h1,4-7,9,12,22,25-26H,2-3,8,10-11H2,(H2,21,23). The van der Waals surface area contributed by atoms with Crippen LogP contribution in [0.1, 0.15) is 28.8 Å². The summed E-state index contributed by atoms with van der Waals surface area (Å²) in [5.74, 6) is 0.210. The highest BCUT2D eigenvalue weighted by atomic mass is 32.2. The number of nitrogens with zero attached hydrogens (tertiary/aromatic N) is 2. The second kappa shape index (κ2) is 8.23. The van der Waals surface area contributed by atoms with Gasteiger partial charge in [-0.2, -0.15) is 4.40 Å². The summed E-state index contributed by atoms with van der Waals surface area (Å²) in [6.07, 6.45) is 1.69. The predicted octanol–water partition coefficient (Wildman–Crippen LogP) is 1.74. The summed E-state index contributed by atoms with van der Waals surface area (Å²) in [7, 11) is 0. The lowest BCUT2D eigenvalue weighted by atomic mass is 9.98. The molecular weight excluding hydrogens is 408 g/mol. The van der Waals surface area contributed by atoms with Gasteiger partial charge in [-0.25, -0.2) is 4.21 Å². The van der Waals surface area contributed by atoms with Crippen LogP contribution >= 0.6 is 0 Å². The topological polar surface area (TPSA) is 137 Å². The van der Waals surface area contributed by atoms with E-state index in [4.69, 9.17) is 10.5 Å². The fraction of sp³-hybridized carbons (Fsp3) is 0.300. The Hall–Kier alpha value is -3.27. The van der Waals surface area contributed by atoms with Crippen molar-refractivity contribution in [1.82, 2.24) is 4.90 Å². The van der Waals surface area contributed by atoms with Gasteiger partial charge in [-0.05, 0) is 43.2 Å². The van der Waals surface area contributed by atoms with Gasteiger partial charge >= 0.3 is 0 Å². The van der Waals surface area contributed by atoms with E-state index in [1.165, 1.54) is 18.2 Å². The molecule has 2 aromatic rings. The van der Waals surface area contributed by atoms with Crippen LogP contribution in [0.25, 0.3) is 0 Å². The lowest BCUT2D eigenvalue weighted by molar-refractivity contribution is 0.0630. The average Bonchev–Trinajstić information content (AvgIpc) is 2.73. The van der Waals surface area contributed by atoms with E-state index in [9.17, 15) is 19.2 Å². The highest BCUT2D eigenvalue weighted by Gasteiger charge is 2.27. The fourth-order valence-corrected chi connectivity index (χ4v) is 4.39. The molecule has 1 amide bonds. The van der Waals surface area contributed by atoms with Crippen molar-refractivity contribution in [2.24, 2.45) is 16.0 Å². The maximum Gasteiger partial charge on any atom is 0.257 e. The Morgan fingerprint density at radius 2 is 2.17 bits per heavy atom. The molecule has 9 nitrogen and oxygen atoms in total. The van der Waals surface area contributed by atoms with Gasteiger partial charge in [0.2, 0.25) is 11.2 Å². The number of carbonyl (C=O) groups excluding carboxylic acids is 1. The van der Waals surface area contributed by atoms with E-state index in [0.717, 1.165) is 12.8 Å². The second-order valence-corrected chi connectivity index (χ2v) is 8.16. The molecule has 30 heavy (non-hydrogen) atoms. The quantitative estimate of drug-likeness (QED) is 0.545. The van der Waals surface area contributed by atoms with Crippen LogP contribution in [-0.4, -0.2) is 50.8 Å². The molecule has 158 valence electrons. The highest BCUT2D eigenvalue weighted by Crippen LogP contribution is 2.31. The van der Waals surface area contributed by atoms with Gasteiger partial charge in [0.1, 0.15) is 23.1 Å². The van der Waals surface area contributed by atoms with Crippen molar-refractivity contribution in [2.75, 3.05) is 24.4 Å². The minimum absolute atomic E-state index is 0.0734. The molecule has 2 atom stereocenters. The Morgan fingerprint density at radius 1 is 1.33 bits per heavy atom. The van der Waals surface area contributed by atoms with Crippen molar-refractivity contribution >= 4 is 28.6 Å². The maximum atomic E-state index is 12.8. The van der Waals surface area contributed by atoms with Gasteiger partial charge < -0.3 is 25.6 Å². The van der Waals surface area contributed by atoms with Gasteiger partial charge in [-0.3, -0.25) is 9.52 Å². The van der Waals surface area contributed by atoms with Crippen molar-refractivity contribution < 1.29 is 24.0 Å². The first-order chi connectivity index (χ1) is 14.4. The number of hydrogen-bond acceptors (Lipinski definition) is 6. The van der Waals surface area contributed by atoms with Gasteiger partial charge in [0.05, 0.1) is 23.4 Å². The zero-order chi connectivity index (χ0) is 21.3. The summed E-state index contributed by atoms with van der Waals surface area (Å²) in [6.45, 7) is 1.40. The molecule has 0 spiro atoms. The lowest BCUT2D eigenvalue weighted by Crippen LogP contribution is -2.41. The molecule has 2 heterocycles. The fourth-order valence-electron chi connectivity index (χ4n) is 3.71. The summed E-state index contributed by atoms with van der Waals surface area (Å²) < 4.78 is 24.2. The number of aromatic hydroxyl groups is 2. The average molecular weight is 430 g/mol. The number of amides is 1. The minimum Gasteiger partial charge on any atom is -0.508 e. The lowest BCUT2D eigenvalue weighted by Gasteiger charge is -2.33. The molecule has 2 aliphatic heterocycles. The smallest absolute Gasteiger partial charge is 0.257 e. The zero-order valence-electron chi connectivity index (χ0n) is 16.1. The summed E-state index contributed by atoms with van der Waals surface area (Å²) in [5, 5.41) is 19.6. The monoisotopic (exact) mass is 430 g/mol. The molecule has 2 aliphatic rings. The first kappa shape index (κ1) is 20.0. The molecule has 10 heteroatoms. The molecule has 0 aliphatic carbocycles. The third kappa shape index (κ3) is 4.04. The van der Waals surface area contributed by atoms with Crippen LogP contribution in [0.2, 0.25) is 0 Å². The van der Waals surface area contributed by atoms with Gasteiger partial charge in [-0.15, -0.1) is 0 Å². The SMILES string of the molecule is NC1=NS(=O)Nc2cccc(OCC3CCCN(C(=O)c4cc(O)ccc4O)C3)c21. The number of anilines is 1. The van der Waals surface area contributed by atoms with Gasteiger partial charge in [0.15, 0.2) is 0 Å². The number of phenolic OH excluding ortho intramolecular Hbond substituents is 2. The predicted molar refractivity (Wildman–Crippen MR) is 113 cm³/mol. The maximum absolute atomic E-state index is 12.8. The van der Waals surface area contributed by atoms with Crippen molar-refractivity contribution in [2.45, 2.75) is 12.8 Å². The molecular formula is C20H22N4O5S. The molecule has 1 fully saturated rings. The van der Waals surface area contributed by atoms with Crippen LogP contribution in [0.5, 0.6) is 17.2 Å². The number of carbonyl (C=O) groups is 1. The number of phenols is 2. The van der Waals surface area contributed by atoms with E-state index in [1.54, 1.807) is 23.1 Å². The zero-order valence-corrected chi connectivity index (χ0v) is 16.9. The number of rotatable bonds is 4. The Balaban J connectivity index is 1.44. The number of fused-ring (bicyclic) bond motifs is 1. The molecule has 2 unspecified atom stereocenters. The number of hydrogen-bond donors (Lipinski definition) is 4. The Labute approximate surface area is 175 Å². The number of amidine groups is 1. The number of likely N-dealkylation sites (tertiary alicyclic amines) is 1. The van der Waals surface area contributed by atoms with Crippen LogP contribution in [0, 0.1) is 5.92 Å². The van der Waals surface area contributed by atoms with Crippen LogP contribution in [0.4, 0.5) is 5.69 Å². The van der Waals surface area contributed by atoms with Crippen molar-refractivity contribution in [3.63, 3.8) is 0 Å². The third-order valence-electron chi connectivity index (χ3n) is 5.15. The number of piperidine rings is 1. The number of benzene rings is 2. The second-order valence-electron chi connectivity index (χ2n) is 7.28. The minimum atomic E-state index is -1.61. The van der Waals surface area contributed by atoms with E-state index in [1.807, 2.05) is 0 Å². The van der Waals surface area contributed by atoms with E-state index in [0.29, 0.717) is 36.7 Å². The molecule has 2 aromatic carbocycles. The third-order valence-corrected chi connectivity index (χ3v) is 5.91. The normalized spacial score (nSPS) is 20.7. The van der Waals surface area contributed by atoms with Gasteiger partial charge in [0.25, 0.3) is 5.91 Å². The molecule has 0 saturated carbocycles. The first-order valence-corrected chi connectivity index (χ1v) is 10.6. The van der Waals surface area contributed by atoms with E-state index < -0.39 is 11.2 Å². The molecule has 1 saturated heterocycles. The number of nitrogens with one attached hydrogen (secondary N) is 1.